The summed E-state index contributed by atoms with van der Waals surface area (Å²) in [6, 6.07) is 4.58. The molecular weight excluding hydrogens is 236 g/mol. The molecule has 0 spiro atoms. The van der Waals surface area contributed by atoms with Crippen LogP contribution in [0.25, 0.3) is 0 Å². The van der Waals surface area contributed by atoms with Crippen LogP contribution in [0.4, 0.5) is 23.2 Å². The predicted octanol–water partition coefficient (Wildman–Crippen LogP) is 3.42. The molecule has 0 bridgehead atoms. The zero-order valence-corrected chi connectivity index (χ0v) is 8.98. The number of nitriles is 1. The largest absolute Gasteiger partial charge is 0.419 e. The van der Waals surface area contributed by atoms with E-state index in [1.54, 1.807) is 6.92 Å². The Balaban J connectivity index is 2.87. The van der Waals surface area contributed by atoms with Gasteiger partial charge < -0.3 is 5.32 Å². The van der Waals surface area contributed by atoms with Crippen molar-refractivity contribution in [3.05, 3.63) is 29.6 Å². The molecular formula is C11H10F4N2. The Bertz CT molecular complexity index is 434. The summed E-state index contributed by atoms with van der Waals surface area (Å²) < 4.78 is 50.1. The zero-order chi connectivity index (χ0) is 13.1. The molecule has 17 heavy (non-hydrogen) atoms. The van der Waals surface area contributed by atoms with Gasteiger partial charge in [-0.25, -0.2) is 4.39 Å². The predicted molar refractivity (Wildman–Crippen MR) is 54.7 cm³/mol. The van der Waals surface area contributed by atoms with Crippen LogP contribution in [0.5, 0.6) is 0 Å². The first-order chi connectivity index (χ1) is 7.84. The fourth-order valence-electron chi connectivity index (χ4n) is 1.17. The van der Waals surface area contributed by atoms with Gasteiger partial charge in [0.1, 0.15) is 5.82 Å². The lowest BCUT2D eigenvalue weighted by Crippen LogP contribution is -2.12. The van der Waals surface area contributed by atoms with Gasteiger partial charge in [-0.1, -0.05) is 0 Å². The van der Waals surface area contributed by atoms with Gasteiger partial charge in [0, 0.05) is 12.2 Å². The molecule has 0 fully saturated rings. The van der Waals surface area contributed by atoms with Crippen LogP contribution in [-0.2, 0) is 6.18 Å². The second kappa shape index (κ2) is 5.04. The number of halogens is 4. The highest BCUT2D eigenvalue weighted by atomic mass is 19.4. The number of anilines is 1. The van der Waals surface area contributed by atoms with E-state index in [1.807, 2.05) is 6.07 Å². The van der Waals surface area contributed by atoms with Crippen LogP contribution in [0, 0.1) is 23.1 Å². The van der Waals surface area contributed by atoms with Crippen molar-refractivity contribution in [1.82, 2.24) is 0 Å². The Morgan fingerprint density at radius 1 is 1.41 bits per heavy atom. The fourth-order valence-corrected chi connectivity index (χ4v) is 1.17. The molecule has 0 saturated heterocycles. The Morgan fingerprint density at radius 2 is 2.06 bits per heavy atom. The SMILES string of the molecule is CC(C#N)CNc1ccc(F)c(C(F)(F)F)c1. The van der Waals surface area contributed by atoms with Crippen molar-refractivity contribution >= 4 is 5.69 Å². The highest BCUT2D eigenvalue weighted by molar-refractivity contribution is 5.47. The maximum absolute atomic E-state index is 12.9. The molecule has 0 amide bonds. The number of nitrogens with zero attached hydrogens (tertiary/aromatic N) is 1. The van der Waals surface area contributed by atoms with Crippen molar-refractivity contribution in [2.24, 2.45) is 5.92 Å². The van der Waals surface area contributed by atoms with E-state index in [9.17, 15) is 17.6 Å². The van der Waals surface area contributed by atoms with Crippen molar-refractivity contribution in [2.45, 2.75) is 13.1 Å². The third-order valence-corrected chi connectivity index (χ3v) is 2.10. The van der Waals surface area contributed by atoms with Gasteiger partial charge in [-0.2, -0.15) is 18.4 Å². The van der Waals surface area contributed by atoms with E-state index in [2.05, 4.69) is 5.32 Å². The number of benzene rings is 1. The fraction of sp³-hybridized carbons (Fsp3) is 0.364. The molecule has 92 valence electrons. The summed E-state index contributed by atoms with van der Waals surface area (Å²) in [5.41, 5.74) is -1.17. The van der Waals surface area contributed by atoms with Crippen molar-refractivity contribution in [2.75, 3.05) is 11.9 Å². The summed E-state index contributed by atoms with van der Waals surface area (Å²) in [5.74, 6) is -1.65. The van der Waals surface area contributed by atoms with Crippen LogP contribution in [-0.4, -0.2) is 6.54 Å². The van der Waals surface area contributed by atoms with Gasteiger partial charge in [0.05, 0.1) is 17.6 Å². The Morgan fingerprint density at radius 3 is 2.59 bits per heavy atom. The molecule has 1 atom stereocenters. The first kappa shape index (κ1) is 13.3. The number of nitrogens with one attached hydrogen (secondary N) is 1. The van der Waals surface area contributed by atoms with Crippen LogP contribution >= 0.6 is 0 Å². The summed E-state index contributed by atoms with van der Waals surface area (Å²) in [6.45, 7) is 1.83. The lowest BCUT2D eigenvalue weighted by atomic mass is 10.1. The van der Waals surface area contributed by atoms with Gasteiger partial charge in [0.25, 0.3) is 0 Å². The first-order valence-corrected chi connectivity index (χ1v) is 4.85. The van der Waals surface area contributed by atoms with Gasteiger partial charge in [-0.3, -0.25) is 0 Å². The molecule has 0 aliphatic heterocycles. The molecule has 0 aliphatic rings. The average Bonchev–Trinajstić information content (AvgIpc) is 2.26. The summed E-state index contributed by atoms with van der Waals surface area (Å²) in [4.78, 5) is 0. The number of rotatable bonds is 3. The monoisotopic (exact) mass is 246 g/mol. The van der Waals surface area contributed by atoms with E-state index in [4.69, 9.17) is 5.26 Å². The summed E-state index contributed by atoms with van der Waals surface area (Å²) >= 11 is 0. The summed E-state index contributed by atoms with van der Waals surface area (Å²) in [6.07, 6.45) is -4.72. The lowest BCUT2D eigenvalue weighted by molar-refractivity contribution is -0.139. The molecule has 1 aromatic carbocycles. The van der Waals surface area contributed by atoms with Gasteiger partial charge in [0.2, 0.25) is 0 Å². The maximum atomic E-state index is 12.9. The molecule has 1 aromatic rings. The second-order valence-corrected chi connectivity index (χ2v) is 3.60. The van der Waals surface area contributed by atoms with Crippen LogP contribution in [0.15, 0.2) is 18.2 Å². The topological polar surface area (TPSA) is 35.8 Å². The third-order valence-electron chi connectivity index (χ3n) is 2.10. The van der Waals surface area contributed by atoms with Crippen LogP contribution in [0.1, 0.15) is 12.5 Å². The van der Waals surface area contributed by atoms with E-state index < -0.39 is 17.6 Å². The van der Waals surface area contributed by atoms with Gasteiger partial charge in [-0.05, 0) is 25.1 Å². The Kier molecular flexibility index (Phi) is 3.94. The van der Waals surface area contributed by atoms with E-state index in [-0.39, 0.29) is 18.2 Å². The lowest BCUT2D eigenvalue weighted by Gasteiger charge is -2.12. The van der Waals surface area contributed by atoms with Crippen molar-refractivity contribution in [3.8, 4) is 6.07 Å². The van der Waals surface area contributed by atoms with E-state index in [0.717, 1.165) is 6.07 Å². The molecule has 0 aromatic heterocycles. The third kappa shape index (κ3) is 3.63. The highest BCUT2D eigenvalue weighted by Crippen LogP contribution is 2.32. The van der Waals surface area contributed by atoms with Crippen molar-refractivity contribution in [1.29, 1.82) is 5.26 Å². The number of hydrogen-bond donors (Lipinski definition) is 1. The Hall–Kier alpha value is -1.77. The molecule has 0 aliphatic carbocycles. The second-order valence-electron chi connectivity index (χ2n) is 3.60. The molecule has 0 heterocycles. The van der Waals surface area contributed by atoms with Crippen molar-refractivity contribution < 1.29 is 17.6 Å². The normalized spacial score (nSPS) is 12.9. The average molecular weight is 246 g/mol. The van der Waals surface area contributed by atoms with Crippen LogP contribution < -0.4 is 5.32 Å². The van der Waals surface area contributed by atoms with Gasteiger partial charge in [-0.15, -0.1) is 0 Å². The quantitative estimate of drug-likeness (QED) is 0.829. The summed E-state index contributed by atoms with van der Waals surface area (Å²) in [5, 5.41) is 11.2. The highest BCUT2D eigenvalue weighted by Gasteiger charge is 2.34. The summed E-state index contributed by atoms with van der Waals surface area (Å²) in [7, 11) is 0. The molecule has 1 unspecified atom stereocenters. The van der Waals surface area contributed by atoms with E-state index in [1.165, 1.54) is 6.07 Å². The molecule has 6 heteroatoms. The molecule has 2 nitrogen and oxygen atoms in total. The maximum Gasteiger partial charge on any atom is 0.419 e. The number of alkyl halides is 3. The standard InChI is InChI=1S/C11H10F4N2/c1-7(5-16)6-17-8-2-3-10(12)9(4-8)11(13,14)15/h2-4,7,17H,6H2,1H3. The van der Waals surface area contributed by atoms with Crippen molar-refractivity contribution in [3.63, 3.8) is 0 Å². The van der Waals surface area contributed by atoms with Crippen LogP contribution in [0.3, 0.4) is 0 Å². The van der Waals surface area contributed by atoms with Crippen LogP contribution in [0.2, 0.25) is 0 Å². The molecule has 1 rings (SSSR count). The zero-order valence-electron chi connectivity index (χ0n) is 8.98. The molecule has 0 radical (unpaired) electrons. The minimum absolute atomic E-state index is 0.140. The minimum Gasteiger partial charge on any atom is -0.384 e. The smallest absolute Gasteiger partial charge is 0.384 e. The van der Waals surface area contributed by atoms with E-state index >= 15 is 0 Å². The van der Waals surface area contributed by atoms with Gasteiger partial charge in [0.15, 0.2) is 0 Å². The van der Waals surface area contributed by atoms with Gasteiger partial charge >= 0.3 is 6.18 Å². The Labute approximate surface area is 95.9 Å². The number of hydrogen-bond acceptors (Lipinski definition) is 2. The van der Waals surface area contributed by atoms with E-state index in [0.29, 0.717) is 6.07 Å². The minimum atomic E-state index is -4.72. The first-order valence-electron chi connectivity index (χ1n) is 4.85. The molecule has 0 saturated carbocycles. The molecule has 1 N–H and O–H groups in total.